The summed E-state index contributed by atoms with van der Waals surface area (Å²) in [4.78, 5) is 13.0. The van der Waals surface area contributed by atoms with Gasteiger partial charge in [-0.3, -0.25) is 9.69 Å². The number of hydrogen-bond donors (Lipinski definition) is 0. The number of carbonyl (C=O) groups excluding carboxylic acids is 1. The second kappa shape index (κ2) is 6.63. The van der Waals surface area contributed by atoms with Gasteiger partial charge in [0.15, 0.2) is 0 Å². The molecular formula is C12H16ClNO2. The number of hydrogen-bond acceptors (Lipinski definition) is 3. The highest BCUT2D eigenvalue weighted by Gasteiger charge is 2.03. The lowest BCUT2D eigenvalue weighted by molar-refractivity contribution is 0.108. The molecule has 4 heteroatoms. The van der Waals surface area contributed by atoms with Crippen molar-refractivity contribution in [1.82, 2.24) is 4.90 Å². The van der Waals surface area contributed by atoms with Crippen molar-refractivity contribution in [3.05, 3.63) is 35.4 Å². The summed E-state index contributed by atoms with van der Waals surface area (Å²) in [5.74, 6) is 0. The fourth-order valence-electron chi connectivity index (χ4n) is 1.38. The maximum absolute atomic E-state index is 10.9. The van der Waals surface area contributed by atoms with Gasteiger partial charge in [0.05, 0.1) is 6.61 Å². The minimum absolute atomic E-state index is 0.417. The summed E-state index contributed by atoms with van der Waals surface area (Å²) in [6, 6.07) is 7.32. The number of rotatable bonds is 6. The number of halogens is 1. The Morgan fingerprint density at radius 3 is 2.50 bits per heavy atom. The van der Waals surface area contributed by atoms with E-state index < -0.39 is 5.24 Å². The standard InChI is InChI=1S/C12H16ClNO2/c1-14(7-8-16-2)9-10-3-5-11(6-4-10)12(13)15/h3-6H,7-9H2,1-2H3. The molecule has 0 aliphatic heterocycles. The van der Waals surface area contributed by atoms with Crippen LogP contribution in [0.5, 0.6) is 0 Å². The van der Waals surface area contributed by atoms with Crippen molar-refractivity contribution in [2.24, 2.45) is 0 Å². The van der Waals surface area contributed by atoms with Crippen molar-refractivity contribution in [3.63, 3.8) is 0 Å². The predicted molar refractivity (Wildman–Crippen MR) is 64.8 cm³/mol. The molecule has 0 heterocycles. The molecule has 0 aliphatic carbocycles. The maximum atomic E-state index is 10.9. The molecule has 0 amide bonds. The van der Waals surface area contributed by atoms with E-state index in [1.807, 2.05) is 19.2 Å². The van der Waals surface area contributed by atoms with E-state index in [-0.39, 0.29) is 0 Å². The van der Waals surface area contributed by atoms with E-state index >= 15 is 0 Å². The van der Waals surface area contributed by atoms with E-state index in [4.69, 9.17) is 16.3 Å². The molecule has 88 valence electrons. The third-order valence-corrected chi connectivity index (χ3v) is 2.53. The zero-order valence-corrected chi connectivity index (χ0v) is 10.3. The highest BCUT2D eigenvalue weighted by molar-refractivity contribution is 6.67. The Balaban J connectivity index is 2.51. The average molecular weight is 242 g/mol. The molecule has 0 radical (unpaired) electrons. The molecule has 0 aromatic heterocycles. The molecule has 1 aromatic carbocycles. The summed E-state index contributed by atoms with van der Waals surface area (Å²) in [5, 5.41) is -0.417. The van der Waals surface area contributed by atoms with Gasteiger partial charge in [-0.1, -0.05) is 12.1 Å². The van der Waals surface area contributed by atoms with E-state index in [0.29, 0.717) is 5.56 Å². The van der Waals surface area contributed by atoms with Gasteiger partial charge in [0.25, 0.3) is 5.24 Å². The molecule has 16 heavy (non-hydrogen) atoms. The van der Waals surface area contributed by atoms with Crippen LogP contribution in [0.1, 0.15) is 15.9 Å². The Labute approximate surface area is 101 Å². The molecule has 0 bridgehead atoms. The Kier molecular flexibility index (Phi) is 5.46. The number of benzene rings is 1. The lowest BCUT2D eigenvalue weighted by Crippen LogP contribution is -2.22. The van der Waals surface area contributed by atoms with Crippen molar-refractivity contribution >= 4 is 16.8 Å². The quantitative estimate of drug-likeness (QED) is 0.715. The first kappa shape index (κ1) is 13.2. The monoisotopic (exact) mass is 241 g/mol. The van der Waals surface area contributed by atoms with Crippen LogP contribution >= 0.6 is 11.6 Å². The maximum Gasteiger partial charge on any atom is 0.252 e. The van der Waals surface area contributed by atoms with E-state index in [0.717, 1.165) is 25.3 Å². The smallest absolute Gasteiger partial charge is 0.252 e. The van der Waals surface area contributed by atoms with Crippen LogP contribution in [0.2, 0.25) is 0 Å². The molecule has 0 spiro atoms. The second-order valence-electron chi connectivity index (χ2n) is 3.70. The first-order valence-electron chi connectivity index (χ1n) is 5.09. The second-order valence-corrected chi connectivity index (χ2v) is 4.04. The largest absolute Gasteiger partial charge is 0.383 e. The molecule has 0 saturated carbocycles. The van der Waals surface area contributed by atoms with E-state index in [1.54, 1.807) is 19.2 Å². The molecular weight excluding hydrogens is 226 g/mol. The fourth-order valence-corrected chi connectivity index (χ4v) is 1.51. The normalized spacial score (nSPS) is 10.8. The highest BCUT2D eigenvalue weighted by atomic mass is 35.5. The van der Waals surface area contributed by atoms with Gasteiger partial charge in [-0.05, 0) is 36.3 Å². The first-order chi connectivity index (χ1) is 7.63. The lowest BCUT2D eigenvalue weighted by Gasteiger charge is -2.15. The molecule has 1 aromatic rings. The van der Waals surface area contributed by atoms with Crippen LogP contribution < -0.4 is 0 Å². The predicted octanol–water partition coefficient (Wildman–Crippen LogP) is 2.14. The van der Waals surface area contributed by atoms with Crippen molar-refractivity contribution < 1.29 is 9.53 Å². The Morgan fingerprint density at radius 2 is 2.00 bits per heavy atom. The van der Waals surface area contributed by atoms with Crippen LogP contribution in [-0.2, 0) is 11.3 Å². The lowest BCUT2D eigenvalue weighted by atomic mass is 10.1. The number of carbonyl (C=O) groups is 1. The Hall–Kier alpha value is -0.900. The molecule has 0 atom stereocenters. The molecule has 1 rings (SSSR count). The van der Waals surface area contributed by atoms with Gasteiger partial charge >= 0.3 is 0 Å². The summed E-state index contributed by atoms with van der Waals surface area (Å²) >= 11 is 5.36. The molecule has 0 aliphatic rings. The minimum Gasteiger partial charge on any atom is -0.383 e. The molecule has 3 nitrogen and oxygen atoms in total. The average Bonchev–Trinajstić information content (AvgIpc) is 2.27. The Bertz CT molecular complexity index is 337. The van der Waals surface area contributed by atoms with Crippen LogP contribution in [0.4, 0.5) is 0 Å². The SMILES string of the molecule is COCCN(C)Cc1ccc(C(=O)Cl)cc1. The van der Waals surface area contributed by atoms with Gasteiger partial charge in [0, 0.05) is 25.8 Å². The molecule has 0 unspecified atom stereocenters. The number of nitrogens with zero attached hydrogens (tertiary/aromatic N) is 1. The summed E-state index contributed by atoms with van der Waals surface area (Å²) in [6.07, 6.45) is 0. The third kappa shape index (κ3) is 4.31. The summed E-state index contributed by atoms with van der Waals surface area (Å²) in [7, 11) is 3.72. The van der Waals surface area contributed by atoms with Crippen LogP contribution in [0.3, 0.4) is 0 Å². The van der Waals surface area contributed by atoms with Gasteiger partial charge in [-0.15, -0.1) is 0 Å². The van der Waals surface area contributed by atoms with Crippen molar-refractivity contribution in [1.29, 1.82) is 0 Å². The van der Waals surface area contributed by atoms with Crippen molar-refractivity contribution in [3.8, 4) is 0 Å². The van der Waals surface area contributed by atoms with Gasteiger partial charge in [-0.2, -0.15) is 0 Å². The topological polar surface area (TPSA) is 29.5 Å². The zero-order chi connectivity index (χ0) is 12.0. The van der Waals surface area contributed by atoms with Crippen LogP contribution in [0.15, 0.2) is 24.3 Å². The van der Waals surface area contributed by atoms with Gasteiger partial charge < -0.3 is 4.74 Å². The number of likely N-dealkylation sites (N-methyl/N-ethyl adjacent to an activating group) is 1. The number of methoxy groups -OCH3 is 1. The van der Waals surface area contributed by atoms with Gasteiger partial charge in [-0.25, -0.2) is 0 Å². The van der Waals surface area contributed by atoms with Crippen LogP contribution in [-0.4, -0.2) is 37.5 Å². The van der Waals surface area contributed by atoms with Crippen molar-refractivity contribution in [2.75, 3.05) is 27.3 Å². The van der Waals surface area contributed by atoms with Crippen molar-refractivity contribution in [2.45, 2.75) is 6.54 Å². The summed E-state index contributed by atoms with van der Waals surface area (Å²) in [6.45, 7) is 2.43. The fraction of sp³-hybridized carbons (Fsp3) is 0.417. The zero-order valence-electron chi connectivity index (χ0n) is 9.57. The van der Waals surface area contributed by atoms with Crippen LogP contribution in [0.25, 0.3) is 0 Å². The van der Waals surface area contributed by atoms with Gasteiger partial charge in [0.1, 0.15) is 0 Å². The van der Waals surface area contributed by atoms with Crippen LogP contribution in [0, 0.1) is 0 Å². The van der Waals surface area contributed by atoms with E-state index in [2.05, 4.69) is 4.90 Å². The first-order valence-corrected chi connectivity index (χ1v) is 5.47. The minimum atomic E-state index is -0.417. The third-order valence-electron chi connectivity index (χ3n) is 2.31. The number of ether oxygens (including phenoxy) is 1. The highest BCUT2D eigenvalue weighted by Crippen LogP contribution is 2.08. The summed E-state index contributed by atoms with van der Waals surface area (Å²) < 4.78 is 5.00. The Morgan fingerprint density at radius 1 is 1.38 bits per heavy atom. The van der Waals surface area contributed by atoms with E-state index in [1.165, 1.54) is 0 Å². The molecule has 0 saturated heterocycles. The molecule has 0 fully saturated rings. The van der Waals surface area contributed by atoms with Gasteiger partial charge in [0.2, 0.25) is 0 Å². The van der Waals surface area contributed by atoms with E-state index in [9.17, 15) is 4.79 Å². The molecule has 0 N–H and O–H groups in total. The summed E-state index contributed by atoms with van der Waals surface area (Å²) in [5.41, 5.74) is 1.69.